The highest BCUT2D eigenvalue weighted by molar-refractivity contribution is 6.31. The number of carbonyl (C=O) groups is 1. The van der Waals surface area contributed by atoms with Crippen LogP contribution in [0.3, 0.4) is 0 Å². The lowest BCUT2D eigenvalue weighted by Crippen LogP contribution is -2.14. The summed E-state index contributed by atoms with van der Waals surface area (Å²) < 4.78 is 5.25. The van der Waals surface area contributed by atoms with E-state index in [0.717, 1.165) is 5.69 Å². The van der Waals surface area contributed by atoms with Crippen LogP contribution >= 0.6 is 23.2 Å². The number of carbonyl (C=O) groups excluding carboxylic acids is 1. The zero-order valence-corrected chi connectivity index (χ0v) is 15.3. The molecule has 7 heteroatoms. The quantitative estimate of drug-likeness (QED) is 0.576. The number of hydrogen-bond donors (Lipinski definition) is 2. The number of rotatable bonds is 5. The van der Waals surface area contributed by atoms with Crippen molar-refractivity contribution in [2.75, 3.05) is 10.6 Å². The monoisotopic (exact) mass is 387 g/mol. The van der Waals surface area contributed by atoms with Gasteiger partial charge in [0.25, 0.3) is 5.91 Å². The van der Waals surface area contributed by atoms with Gasteiger partial charge in [0, 0.05) is 33.7 Å². The molecule has 0 atom stereocenters. The molecule has 3 rings (SSSR count). The number of aryl methyl sites for hydroxylation is 1. The molecule has 3 aromatic rings. The number of benzene rings is 2. The van der Waals surface area contributed by atoms with Crippen LogP contribution in [0.5, 0.6) is 0 Å². The van der Waals surface area contributed by atoms with E-state index in [-0.39, 0.29) is 5.91 Å². The van der Waals surface area contributed by atoms with Gasteiger partial charge in [-0.2, -0.15) is 0 Å². The Hall–Kier alpha value is -2.76. The first kappa shape index (κ1) is 18.0. The van der Waals surface area contributed by atoms with Gasteiger partial charge in [-0.3, -0.25) is 4.79 Å². The summed E-state index contributed by atoms with van der Waals surface area (Å²) in [5, 5.41) is 10.9. The van der Waals surface area contributed by atoms with Crippen molar-refractivity contribution in [1.82, 2.24) is 5.16 Å². The van der Waals surface area contributed by atoms with Crippen LogP contribution in [-0.4, -0.2) is 11.1 Å². The minimum atomic E-state index is -0.343. The minimum Gasteiger partial charge on any atom is -0.361 e. The Balaban J connectivity index is 1.84. The fourth-order valence-corrected chi connectivity index (χ4v) is 2.42. The highest BCUT2D eigenvalue weighted by atomic mass is 35.5. The summed E-state index contributed by atoms with van der Waals surface area (Å²) in [5.41, 5.74) is 2.38. The summed E-state index contributed by atoms with van der Waals surface area (Å²) in [7, 11) is 0. The van der Waals surface area contributed by atoms with E-state index < -0.39 is 0 Å². The maximum atomic E-state index is 12.7. The molecule has 0 radical (unpaired) electrons. The highest BCUT2D eigenvalue weighted by Gasteiger charge is 2.17. The number of nitrogens with zero attached hydrogens (tertiary/aromatic N) is 1. The van der Waals surface area contributed by atoms with E-state index in [2.05, 4.69) is 15.8 Å². The largest absolute Gasteiger partial charge is 0.361 e. The second-order valence-corrected chi connectivity index (χ2v) is 6.38. The van der Waals surface area contributed by atoms with Crippen LogP contribution in [0.25, 0.3) is 5.57 Å². The Morgan fingerprint density at radius 1 is 1.00 bits per heavy atom. The topological polar surface area (TPSA) is 67.2 Å². The fraction of sp³-hybridized carbons (Fsp3) is 0.0526. The van der Waals surface area contributed by atoms with Gasteiger partial charge in [0.1, 0.15) is 5.57 Å². The smallest absolute Gasteiger partial charge is 0.261 e. The predicted molar refractivity (Wildman–Crippen MR) is 104 cm³/mol. The van der Waals surface area contributed by atoms with Crippen LogP contribution in [0, 0.1) is 6.92 Å². The lowest BCUT2D eigenvalue weighted by atomic mass is 10.2. The second kappa shape index (κ2) is 8.08. The maximum Gasteiger partial charge on any atom is 0.261 e. The number of amides is 1. The predicted octanol–water partition coefficient (Wildman–Crippen LogP) is 5.38. The van der Waals surface area contributed by atoms with Gasteiger partial charge in [0.05, 0.1) is 5.69 Å². The van der Waals surface area contributed by atoms with Crippen molar-refractivity contribution in [3.05, 3.63) is 82.3 Å². The molecule has 1 amide bonds. The van der Waals surface area contributed by atoms with E-state index in [4.69, 9.17) is 27.7 Å². The molecule has 0 unspecified atom stereocenters. The van der Waals surface area contributed by atoms with E-state index in [9.17, 15) is 4.79 Å². The van der Waals surface area contributed by atoms with Crippen molar-refractivity contribution in [2.24, 2.45) is 0 Å². The average Bonchev–Trinajstić information content (AvgIpc) is 3.05. The second-order valence-electron chi connectivity index (χ2n) is 5.50. The Kier molecular flexibility index (Phi) is 5.61. The first-order valence-corrected chi connectivity index (χ1v) is 8.50. The zero-order valence-electron chi connectivity index (χ0n) is 13.8. The standard InChI is InChI=1S/C19H15Cl2N3O2/c1-12-10-18(26-24-12)17(11-22-15-6-2-13(20)3-7-15)19(25)23-16-8-4-14(21)5-9-16/h2-11,22H,1H3,(H,23,25)/b17-11-. The van der Waals surface area contributed by atoms with Crippen molar-refractivity contribution in [3.63, 3.8) is 0 Å². The molecule has 0 aliphatic rings. The summed E-state index contributed by atoms with van der Waals surface area (Å²) >= 11 is 11.8. The molecule has 1 heterocycles. The van der Waals surface area contributed by atoms with Crippen LogP contribution in [-0.2, 0) is 4.79 Å². The van der Waals surface area contributed by atoms with E-state index in [0.29, 0.717) is 32.8 Å². The molecular formula is C19H15Cl2N3O2. The van der Waals surface area contributed by atoms with Gasteiger partial charge in [-0.15, -0.1) is 0 Å². The molecule has 2 N–H and O–H groups in total. The van der Waals surface area contributed by atoms with Gasteiger partial charge >= 0.3 is 0 Å². The van der Waals surface area contributed by atoms with E-state index in [1.54, 1.807) is 67.7 Å². The van der Waals surface area contributed by atoms with E-state index in [1.165, 1.54) is 0 Å². The third-order valence-electron chi connectivity index (χ3n) is 3.47. The molecule has 2 aromatic carbocycles. The Morgan fingerprint density at radius 3 is 2.12 bits per heavy atom. The van der Waals surface area contributed by atoms with Crippen molar-refractivity contribution < 1.29 is 9.32 Å². The fourth-order valence-electron chi connectivity index (χ4n) is 2.17. The SMILES string of the molecule is Cc1cc(/C(=C/Nc2ccc(Cl)cc2)C(=O)Nc2ccc(Cl)cc2)on1. The maximum absolute atomic E-state index is 12.7. The summed E-state index contributed by atoms with van der Waals surface area (Å²) in [4.78, 5) is 12.7. The van der Waals surface area contributed by atoms with Crippen molar-refractivity contribution >= 4 is 46.1 Å². The molecule has 0 saturated carbocycles. The third-order valence-corrected chi connectivity index (χ3v) is 3.97. The van der Waals surface area contributed by atoms with E-state index in [1.807, 2.05) is 0 Å². The lowest BCUT2D eigenvalue weighted by molar-refractivity contribution is -0.111. The molecule has 1 aromatic heterocycles. The molecule has 26 heavy (non-hydrogen) atoms. The number of nitrogens with one attached hydrogen (secondary N) is 2. The Morgan fingerprint density at radius 2 is 1.58 bits per heavy atom. The van der Waals surface area contributed by atoms with Gasteiger partial charge in [-0.25, -0.2) is 0 Å². The van der Waals surface area contributed by atoms with Crippen LogP contribution in [0.2, 0.25) is 10.0 Å². The van der Waals surface area contributed by atoms with Gasteiger partial charge < -0.3 is 15.2 Å². The summed E-state index contributed by atoms with van der Waals surface area (Å²) in [5.74, 6) is 0.0142. The van der Waals surface area contributed by atoms with Crippen LogP contribution in [0.4, 0.5) is 11.4 Å². The van der Waals surface area contributed by atoms with Crippen LogP contribution < -0.4 is 10.6 Å². The Bertz CT molecular complexity index is 932. The number of halogens is 2. The molecule has 132 valence electrons. The van der Waals surface area contributed by atoms with Gasteiger partial charge in [-0.05, 0) is 55.5 Å². The number of hydrogen-bond acceptors (Lipinski definition) is 4. The van der Waals surface area contributed by atoms with Crippen molar-refractivity contribution in [3.8, 4) is 0 Å². The zero-order chi connectivity index (χ0) is 18.5. The van der Waals surface area contributed by atoms with Crippen molar-refractivity contribution in [2.45, 2.75) is 6.92 Å². The van der Waals surface area contributed by atoms with E-state index >= 15 is 0 Å². The van der Waals surface area contributed by atoms with Crippen LogP contribution in [0.15, 0.2) is 65.3 Å². The molecule has 0 spiro atoms. The molecule has 0 saturated heterocycles. The highest BCUT2D eigenvalue weighted by Crippen LogP contribution is 2.21. The minimum absolute atomic E-state index is 0.301. The molecule has 0 aliphatic carbocycles. The molecule has 0 aliphatic heterocycles. The normalized spacial score (nSPS) is 11.3. The molecular weight excluding hydrogens is 373 g/mol. The molecule has 5 nitrogen and oxygen atoms in total. The molecule has 0 fully saturated rings. The summed E-state index contributed by atoms with van der Waals surface area (Å²) in [6, 6.07) is 15.6. The van der Waals surface area contributed by atoms with Gasteiger partial charge in [0.15, 0.2) is 5.76 Å². The Labute approximate surface area is 160 Å². The third kappa shape index (κ3) is 4.65. The van der Waals surface area contributed by atoms with Crippen molar-refractivity contribution in [1.29, 1.82) is 0 Å². The number of aromatic nitrogens is 1. The first-order chi connectivity index (χ1) is 12.5. The lowest BCUT2D eigenvalue weighted by Gasteiger charge is -2.08. The summed E-state index contributed by atoms with van der Waals surface area (Å²) in [6.07, 6.45) is 1.56. The van der Waals surface area contributed by atoms with Gasteiger partial charge in [-0.1, -0.05) is 28.4 Å². The first-order valence-electron chi connectivity index (χ1n) is 7.74. The average molecular weight is 388 g/mol. The van der Waals surface area contributed by atoms with Gasteiger partial charge in [0.2, 0.25) is 0 Å². The summed E-state index contributed by atoms with van der Waals surface area (Å²) in [6.45, 7) is 1.79. The number of anilines is 2. The van der Waals surface area contributed by atoms with Crippen LogP contribution in [0.1, 0.15) is 11.5 Å². The molecule has 0 bridgehead atoms.